The molecule has 0 aromatic heterocycles. The molecule has 1 atom stereocenters. The summed E-state index contributed by atoms with van der Waals surface area (Å²) in [5.41, 5.74) is 4.88. The number of nitrogens with one attached hydrogen (secondary N) is 1. The molecular formula is C12H14N2O4. The number of carbonyl (C=O) groups excluding carboxylic acids is 2. The fraction of sp³-hybridized carbons (Fsp3) is 0.333. The number of rotatable bonds is 2. The van der Waals surface area contributed by atoms with Gasteiger partial charge in [-0.15, -0.1) is 0 Å². The Kier molecular flexibility index (Phi) is 2.86. The van der Waals surface area contributed by atoms with Crippen LogP contribution in [0.2, 0.25) is 0 Å². The van der Waals surface area contributed by atoms with Gasteiger partial charge in [-0.2, -0.15) is 0 Å². The fourth-order valence-electron chi connectivity index (χ4n) is 1.65. The second-order valence-corrected chi connectivity index (χ2v) is 4.07. The summed E-state index contributed by atoms with van der Waals surface area (Å²) in [5, 5.41) is 2.59. The Morgan fingerprint density at radius 3 is 2.94 bits per heavy atom. The standard InChI is InChI=1S/C12H14N2O4/c1-3-17-11(16)12(2)10(15)14-8-6-7(13)4-5-9(8)18-12/h4-6H,3,13H2,1-2H3,(H,14,15)/t12-/m1/s1. The normalized spacial score (nSPS) is 21.6. The first kappa shape index (κ1) is 12.2. The molecule has 1 heterocycles. The van der Waals surface area contributed by atoms with Crippen LogP contribution >= 0.6 is 0 Å². The van der Waals surface area contributed by atoms with Crippen LogP contribution < -0.4 is 15.8 Å². The van der Waals surface area contributed by atoms with Crippen molar-refractivity contribution < 1.29 is 19.1 Å². The maximum Gasteiger partial charge on any atom is 0.360 e. The van der Waals surface area contributed by atoms with Gasteiger partial charge in [-0.3, -0.25) is 4.79 Å². The lowest BCUT2D eigenvalue weighted by Crippen LogP contribution is -2.55. The first-order valence-electron chi connectivity index (χ1n) is 5.54. The van der Waals surface area contributed by atoms with E-state index in [0.29, 0.717) is 17.1 Å². The molecule has 1 aromatic rings. The Morgan fingerprint density at radius 1 is 1.56 bits per heavy atom. The molecule has 1 aromatic carbocycles. The average Bonchev–Trinajstić information content (AvgIpc) is 2.31. The van der Waals surface area contributed by atoms with Gasteiger partial charge in [-0.1, -0.05) is 0 Å². The summed E-state index contributed by atoms with van der Waals surface area (Å²) in [7, 11) is 0. The predicted molar refractivity (Wildman–Crippen MR) is 65.2 cm³/mol. The minimum Gasteiger partial charge on any atom is -0.464 e. The summed E-state index contributed by atoms with van der Waals surface area (Å²) in [4.78, 5) is 23.7. The number of hydrogen-bond acceptors (Lipinski definition) is 5. The lowest BCUT2D eigenvalue weighted by Gasteiger charge is -2.32. The van der Waals surface area contributed by atoms with Crippen LogP contribution in [0.15, 0.2) is 18.2 Å². The van der Waals surface area contributed by atoms with Crippen molar-refractivity contribution in [3.05, 3.63) is 18.2 Å². The van der Waals surface area contributed by atoms with E-state index in [4.69, 9.17) is 15.2 Å². The highest BCUT2D eigenvalue weighted by Crippen LogP contribution is 2.35. The van der Waals surface area contributed by atoms with Crippen molar-refractivity contribution in [1.29, 1.82) is 0 Å². The molecule has 0 aliphatic carbocycles. The summed E-state index contributed by atoms with van der Waals surface area (Å²) in [6.45, 7) is 3.22. The van der Waals surface area contributed by atoms with Crippen LogP contribution in [0.25, 0.3) is 0 Å². The number of esters is 1. The molecule has 3 N–H and O–H groups in total. The van der Waals surface area contributed by atoms with Crippen molar-refractivity contribution in [1.82, 2.24) is 0 Å². The Balaban J connectivity index is 2.36. The molecule has 0 spiro atoms. The molecule has 0 bridgehead atoms. The van der Waals surface area contributed by atoms with Gasteiger partial charge in [0.1, 0.15) is 5.75 Å². The van der Waals surface area contributed by atoms with Crippen molar-refractivity contribution in [3.8, 4) is 5.75 Å². The third kappa shape index (κ3) is 1.85. The number of ether oxygens (including phenoxy) is 2. The van der Waals surface area contributed by atoms with Crippen LogP contribution in [0.5, 0.6) is 5.75 Å². The van der Waals surface area contributed by atoms with Gasteiger partial charge in [0.05, 0.1) is 12.3 Å². The van der Waals surface area contributed by atoms with E-state index in [-0.39, 0.29) is 6.61 Å². The molecule has 0 fully saturated rings. The van der Waals surface area contributed by atoms with E-state index in [1.165, 1.54) is 6.92 Å². The molecule has 1 aliphatic rings. The summed E-state index contributed by atoms with van der Waals surface area (Å²) >= 11 is 0. The Labute approximate surface area is 104 Å². The minimum absolute atomic E-state index is 0.180. The third-order valence-electron chi connectivity index (χ3n) is 2.66. The van der Waals surface area contributed by atoms with E-state index < -0.39 is 17.5 Å². The first-order chi connectivity index (χ1) is 8.47. The van der Waals surface area contributed by atoms with E-state index in [1.807, 2.05) is 0 Å². The number of nitrogen functional groups attached to an aromatic ring is 1. The second kappa shape index (κ2) is 4.21. The topological polar surface area (TPSA) is 90.7 Å². The van der Waals surface area contributed by atoms with Crippen molar-refractivity contribution in [2.45, 2.75) is 19.4 Å². The van der Waals surface area contributed by atoms with Crippen molar-refractivity contribution >= 4 is 23.3 Å². The van der Waals surface area contributed by atoms with Gasteiger partial charge in [0.25, 0.3) is 11.5 Å². The van der Waals surface area contributed by atoms with Crippen LogP contribution in [0, 0.1) is 0 Å². The Bertz CT molecular complexity index is 515. The molecule has 0 saturated heterocycles. The summed E-state index contributed by atoms with van der Waals surface area (Å²) in [6, 6.07) is 4.79. The van der Waals surface area contributed by atoms with E-state index in [1.54, 1.807) is 25.1 Å². The summed E-state index contributed by atoms with van der Waals surface area (Å²) in [6.07, 6.45) is 0. The molecule has 0 unspecified atom stereocenters. The summed E-state index contributed by atoms with van der Waals surface area (Å²) in [5.74, 6) is -0.900. The number of nitrogens with two attached hydrogens (primary N) is 1. The number of hydrogen-bond donors (Lipinski definition) is 2. The highest BCUT2D eigenvalue weighted by atomic mass is 16.6. The van der Waals surface area contributed by atoms with Gasteiger partial charge in [-0.25, -0.2) is 4.79 Å². The van der Waals surface area contributed by atoms with Gasteiger partial charge in [-0.05, 0) is 32.0 Å². The van der Waals surface area contributed by atoms with Gasteiger partial charge in [0.15, 0.2) is 0 Å². The molecule has 2 rings (SSSR count). The van der Waals surface area contributed by atoms with Crippen molar-refractivity contribution in [3.63, 3.8) is 0 Å². The molecule has 0 radical (unpaired) electrons. The quantitative estimate of drug-likeness (QED) is 0.462. The maximum atomic E-state index is 11.9. The van der Waals surface area contributed by atoms with E-state index in [2.05, 4.69) is 5.32 Å². The van der Waals surface area contributed by atoms with E-state index in [0.717, 1.165) is 0 Å². The first-order valence-corrected chi connectivity index (χ1v) is 5.54. The zero-order chi connectivity index (χ0) is 13.3. The van der Waals surface area contributed by atoms with Gasteiger partial charge >= 0.3 is 5.97 Å². The third-order valence-corrected chi connectivity index (χ3v) is 2.66. The molecule has 18 heavy (non-hydrogen) atoms. The van der Waals surface area contributed by atoms with Crippen LogP contribution in [-0.4, -0.2) is 24.1 Å². The van der Waals surface area contributed by atoms with Crippen LogP contribution in [0.3, 0.4) is 0 Å². The van der Waals surface area contributed by atoms with Crippen LogP contribution in [0.1, 0.15) is 13.8 Å². The molecule has 6 nitrogen and oxygen atoms in total. The van der Waals surface area contributed by atoms with Gasteiger partial charge in [0.2, 0.25) is 0 Å². The zero-order valence-corrected chi connectivity index (χ0v) is 10.1. The highest BCUT2D eigenvalue weighted by Gasteiger charge is 2.48. The minimum atomic E-state index is -1.67. The zero-order valence-electron chi connectivity index (χ0n) is 10.1. The molecule has 1 aliphatic heterocycles. The van der Waals surface area contributed by atoms with Gasteiger partial charge in [0, 0.05) is 5.69 Å². The largest absolute Gasteiger partial charge is 0.464 e. The number of amides is 1. The number of anilines is 2. The van der Waals surface area contributed by atoms with Crippen molar-refractivity contribution in [2.24, 2.45) is 0 Å². The van der Waals surface area contributed by atoms with Crippen molar-refractivity contribution in [2.75, 3.05) is 17.7 Å². The fourth-order valence-corrected chi connectivity index (χ4v) is 1.65. The smallest absolute Gasteiger partial charge is 0.360 e. The van der Waals surface area contributed by atoms with Crippen LogP contribution in [-0.2, 0) is 14.3 Å². The average molecular weight is 250 g/mol. The molecule has 1 amide bonds. The SMILES string of the molecule is CCOC(=O)[C@]1(C)Oc2ccc(N)cc2NC1=O. The maximum absolute atomic E-state index is 11.9. The number of benzene rings is 1. The molecule has 0 saturated carbocycles. The van der Waals surface area contributed by atoms with E-state index >= 15 is 0 Å². The highest BCUT2D eigenvalue weighted by molar-refractivity contribution is 6.14. The molecular weight excluding hydrogens is 236 g/mol. The lowest BCUT2D eigenvalue weighted by molar-refractivity contribution is -0.164. The second-order valence-electron chi connectivity index (χ2n) is 4.07. The summed E-state index contributed by atoms with van der Waals surface area (Å²) < 4.78 is 10.3. The Hall–Kier alpha value is -2.24. The Morgan fingerprint density at radius 2 is 2.28 bits per heavy atom. The lowest BCUT2D eigenvalue weighted by atomic mass is 10.0. The number of carbonyl (C=O) groups is 2. The molecule has 96 valence electrons. The van der Waals surface area contributed by atoms with Crippen LogP contribution in [0.4, 0.5) is 11.4 Å². The van der Waals surface area contributed by atoms with E-state index in [9.17, 15) is 9.59 Å². The number of fused-ring (bicyclic) bond motifs is 1. The molecule has 6 heteroatoms. The van der Waals surface area contributed by atoms with Gasteiger partial charge < -0.3 is 20.5 Å². The predicted octanol–water partition coefficient (Wildman–Crippen LogP) is 0.921. The monoisotopic (exact) mass is 250 g/mol.